The van der Waals surface area contributed by atoms with Gasteiger partial charge in [0.15, 0.2) is 0 Å². The molecule has 0 aliphatic heterocycles. The van der Waals surface area contributed by atoms with E-state index in [1.54, 1.807) is 0 Å². The van der Waals surface area contributed by atoms with Crippen LogP contribution in [0.4, 0.5) is 17.8 Å². The fourth-order valence-electron chi connectivity index (χ4n) is 3.06. The zero-order chi connectivity index (χ0) is 18.7. The molecular formula is C18H33N7O2. The predicted molar refractivity (Wildman–Crippen MR) is 106 cm³/mol. The van der Waals surface area contributed by atoms with E-state index in [1.165, 1.54) is 44.9 Å². The molecular weight excluding hydrogens is 346 g/mol. The topological polar surface area (TPSA) is 119 Å². The molecule has 5 N–H and O–H groups in total. The molecule has 3 rings (SSSR count). The van der Waals surface area contributed by atoms with Crippen LogP contribution >= 0.6 is 0 Å². The third-order valence-electron chi connectivity index (χ3n) is 4.65. The highest BCUT2D eigenvalue weighted by molar-refractivity contribution is 5.43. The molecule has 0 amide bonds. The van der Waals surface area contributed by atoms with Crippen molar-refractivity contribution in [3.8, 4) is 0 Å². The first kappa shape index (κ1) is 20.0. The van der Waals surface area contributed by atoms with E-state index < -0.39 is 0 Å². The number of anilines is 3. The molecule has 2 aliphatic carbocycles. The number of ether oxygens (including phenoxy) is 2. The van der Waals surface area contributed by atoms with Crippen LogP contribution in [0.5, 0.6) is 0 Å². The minimum Gasteiger partial charge on any atom is -0.378 e. The second-order valence-electron chi connectivity index (χ2n) is 7.14. The van der Waals surface area contributed by atoms with Gasteiger partial charge in [0, 0.05) is 25.2 Å². The van der Waals surface area contributed by atoms with E-state index >= 15 is 0 Å². The lowest BCUT2D eigenvalue weighted by atomic mass is 9.96. The molecule has 27 heavy (non-hydrogen) atoms. The summed E-state index contributed by atoms with van der Waals surface area (Å²) in [6.45, 7) is 3.42. The van der Waals surface area contributed by atoms with E-state index in [-0.39, 0.29) is 0 Å². The minimum absolute atomic E-state index is 0.458. The maximum Gasteiger partial charge on any atom is 0.229 e. The van der Waals surface area contributed by atoms with Crippen LogP contribution in [0.1, 0.15) is 44.9 Å². The van der Waals surface area contributed by atoms with Crippen LogP contribution in [0.3, 0.4) is 0 Å². The first-order valence-corrected chi connectivity index (χ1v) is 10.2. The lowest BCUT2D eigenvalue weighted by molar-refractivity contribution is 0.0547. The molecule has 0 unspecified atom stereocenters. The quantitative estimate of drug-likeness (QED) is 0.379. The van der Waals surface area contributed by atoms with Gasteiger partial charge in [-0.15, -0.1) is 0 Å². The Balaban J connectivity index is 1.46. The van der Waals surface area contributed by atoms with Gasteiger partial charge in [-0.05, 0) is 25.7 Å². The van der Waals surface area contributed by atoms with Gasteiger partial charge in [-0.25, -0.2) is 0 Å². The zero-order valence-corrected chi connectivity index (χ0v) is 16.1. The van der Waals surface area contributed by atoms with Crippen LogP contribution in [-0.4, -0.2) is 66.6 Å². The summed E-state index contributed by atoms with van der Waals surface area (Å²) in [5.41, 5.74) is 5.37. The molecule has 9 heteroatoms. The third kappa shape index (κ3) is 7.82. The smallest absolute Gasteiger partial charge is 0.229 e. The van der Waals surface area contributed by atoms with Crippen LogP contribution in [0.15, 0.2) is 0 Å². The Bertz CT molecular complexity index is 551. The summed E-state index contributed by atoms with van der Waals surface area (Å²) in [6.07, 6.45) is 8.59. The first-order valence-electron chi connectivity index (χ1n) is 10.2. The molecule has 0 atom stereocenters. The number of hydrogen-bond donors (Lipinski definition) is 4. The first-order chi connectivity index (χ1) is 13.3. The van der Waals surface area contributed by atoms with Gasteiger partial charge in [0.1, 0.15) is 0 Å². The van der Waals surface area contributed by atoms with Crippen LogP contribution in [0, 0.1) is 0 Å². The fourth-order valence-corrected chi connectivity index (χ4v) is 3.06. The summed E-state index contributed by atoms with van der Waals surface area (Å²) in [7, 11) is 0. The van der Waals surface area contributed by atoms with Gasteiger partial charge < -0.3 is 31.2 Å². The van der Waals surface area contributed by atoms with Crippen molar-refractivity contribution in [3.05, 3.63) is 0 Å². The SMILES string of the molecule is NCCOCCOCCNc1nc(NC2CCCCC2)nc(NC2CC2)n1. The van der Waals surface area contributed by atoms with Crippen molar-refractivity contribution < 1.29 is 9.47 Å². The molecule has 152 valence electrons. The zero-order valence-electron chi connectivity index (χ0n) is 16.1. The molecule has 2 fully saturated rings. The van der Waals surface area contributed by atoms with Crippen LogP contribution in [0.2, 0.25) is 0 Å². The molecule has 1 aromatic heterocycles. The van der Waals surface area contributed by atoms with Gasteiger partial charge in [-0.3, -0.25) is 0 Å². The maximum atomic E-state index is 5.53. The van der Waals surface area contributed by atoms with Crippen molar-refractivity contribution in [2.24, 2.45) is 5.73 Å². The predicted octanol–water partition coefficient (Wildman–Crippen LogP) is 1.59. The average Bonchev–Trinajstić information content (AvgIpc) is 3.48. The third-order valence-corrected chi connectivity index (χ3v) is 4.65. The van der Waals surface area contributed by atoms with Gasteiger partial charge in [0.05, 0.1) is 26.4 Å². The highest BCUT2D eigenvalue weighted by atomic mass is 16.5. The van der Waals surface area contributed by atoms with Crippen molar-refractivity contribution in [2.45, 2.75) is 57.0 Å². The largest absolute Gasteiger partial charge is 0.378 e. The number of rotatable bonds is 13. The minimum atomic E-state index is 0.458. The Labute approximate surface area is 161 Å². The average molecular weight is 380 g/mol. The van der Waals surface area contributed by atoms with Crippen molar-refractivity contribution in [2.75, 3.05) is 55.5 Å². The van der Waals surface area contributed by atoms with Gasteiger partial charge in [0.2, 0.25) is 17.8 Å². The Morgan fingerprint density at radius 2 is 1.33 bits per heavy atom. The van der Waals surface area contributed by atoms with Crippen LogP contribution in [-0.2, 0) is 9.47 Å². The molecule has 9 nitrogen and oxygen atoms in total. The summed E-state index contributed by atoms with van der Waals surface area (Å²) in [5, 5.41) is 10.1. The Morgan fingerprint density at radius 1 is 0.741 bits per heavy atom. The van der Waals surface area contributed by atoms with Crippen LogP contribution < -0.4 is 21.7 Å². The molecule has 1 aromatic rings. The lowest BCUT2D eigenvalue weighted by Crippen LogP contribution is -2.24. The number of nitrogens with one attached hydrogen (secondary N) is 3. The molecule has 0 radical (unpaired) electrons. The molecule has 0 aromatic carbocycles. The molecule has 0 spiro atoms. The van der Waals surface area contributed by atoms with Crippen molar-refractivity contribution in [1.82, 2.24) is 15.0 Å². The summed E-state index contributed by atoms with van der Waals surface area (Å²) < 4.78 is 10.8. The van der Waals surface area contributed by atoms with E-state index in [9.17, 15) is 0 Å². The number of nitrogens with zero attached hydrogens (tertiary/aromatic N) is 3. The number of aromatic nitrogens is 3. The van der Waals surface area contributed by atoms with Crippen molar-refractivity contribution >= 4 is 17.8 Å². The second kappa shape index (κ2) is 11.2. The van der Waals surface area contributed by atoms with E-state index in [1.807, 2.05) is 0 Å². The summed E-state index contributed by atoms with van der Waals surface area (Å²) in [4.78, 5) is 13.6. The van der Waals surface area contributed by atoms with Crippen LogP contribution in [0.25, 0.3) is 0 Å². The highest BCUT2D eigenvalue weighted by Crippen LogP contribution is 2.25. The van der Waals surface area contributed by atoms with Gasteiger partial charge >= 0.3 is 0 Å². The van der Waals surface area contributed by atoms with E-state index in [2.05, 4.69) is 30.9 Å². The number of hydrogen-bond acceptors (Lipinski definition) is 9. The van der Waals surface area contributed by atoms with Gasteiger partial charge in [-0.2, -0.15) is 15.0 Å². The van der Waals surface area contributed by atoms with Gasteiger partial charge in [0.25, 0.3) is 0 Å². The van der Waals surface area contributed by atoms with E-state index in [4.69, 9.17) is 15.2 Å². The monoisotopic (exact) mass is 379 g/mol. The molecule has 2 aliphatic rings. The Hall–Kier alpha value is -1.71. The molecule has 0 saturated heterocycles. The molecule has 2 saturated carbocycles. The summed E-state index contributed by atoms with van der Waals surface area (Å²) >= 11 is 0. The summed E-state index contributed by atoms with van der Waals surface area (Å²) in [6, 6.07) is 0.958. The summed E-state index contributed by atoms with van der Waals surface area (Å²) in [5.74, 6) is 1.87. The second-order valence-corrected chi connectivity index (χ2v) is 7.14. The number of nitrogens with two attached hydrogens (primary N) is 1. The van der Waals surface area contributed by atoms with E-state index in [0.29, 0.717) is 69.4 Å². The molecule has 0 bridgehead atoms. The van der Waals surface area contributed by atoms with Crippen molar-refractivity contribution in [1.29, 1.82) is 0 Å². The fraction of sp³-hybridized carbons (Fsp3) is 0.833. The highest BCUT2D eigenvalue weighted by Gasteiger charge is 2.23. The van der Waals surface area contributed by atoms with E-state index in [0.717, 1.165) is 0 Å². The normalized spacial score (nSPS) is 17.7. The standard InChI is InChI=1S/C18H33N7O2/c19-8-10-26-12-13-27-11-9-20-16-23-17(21-14-4-2-1-3-5-14)25-18(24-16)22-15-6-7-15/h14-15H,1-13,19H2,(H3,20,21,22,23,24,25). The maximum absolute atomic E-state index is 5.53. The van der Waals surface area contributed by atoms with Crippen molar-refractivity contribution in [3.63, 3.8) is 0 Å². The van der Waals surface area contributed by atoms with Gasteiger partial charge in [-0.1, -0.05) is 19.3 Å². The Morgan fingerprint density at radius 3 is 1.96 bits per heavy atom. The lowest BCUT2D eigenvalue weighted by Gasteiger charge is -2.23. The Kier molecular flexibility index (Phi) is 8.32. The molecule has 1 heterocycles.